The Balaban J connectivity index is 1.98. The van der Waals surface area contributed by atoms with Crippen LogP contribution in [0.5, 0.6) is 0 Å². The number of nitrogens with zero attached hydrogens (tertiary/aromatic N) is 1. The fourth-order valence-electron chi connectivity index (χ4n) is 2.66. The molecule has 1 aromatic rings. The van der Waals surface area contributed by atoms with Crippen LogP contribution in [0, 0.1) is 0 Å². The minimum absolute atomic E-state index is 0.280. The Hall–Kier alpha value is -0.620. The summed E-state index contributed by atoms with van der Waals surface area (Å²) in [7, 11) is 1.72. The second-order valence-corrected chi connectivity index (χ2v) is 6.46. The lowest BCUT2D eigenvalue weighted by molar-refractivity contribution is -0.00522. The Kier molecular flexibility index (Phi) is 6.48. The Labute approximate surface area is 135 Å². The highest BCUT2D eigenvalue weighted by molar-refractivity contribution is 9.10. The average Bonchev–Trinajstić information content (AvgIpc) is 2.44. The Morgan fingerprint density at radius 3 is 2.67 bits per heavy atom. The van der Waals surface area contributed by atoms with Gasteiger partial charge in [-0.1, -0.05) is 22.0 Å². The predicted octanol–water partition coefficient (Wildman–Crippen LogP) is 2.80. The van der Waals surface area contributed by atoms with Crippen LogP contribution >= 0.6 is 15.9 Å². The predicted molar refractivity (Wildman–Crippen MR) is 89.9 cm³/mol. The van der Waals surface area contributed by atoms with Crippen LogP contribution in [0.3, 0.4) is 0 Å². The van der Waals surface area contributed by atoms with Crippen LogP contribution in [0.4, 0.5) is 5.69 Å². The fraction of sp³-hybridized carbons (Fsp3) is 0.625. The average molecular weight is 357 g/mol. The van der Waals surface area contributed by atoms with Crippen molar-refractivity contribution in [3.63, 3.8) is 0 Å². The van der Waals surface area contributed by atoms with Crippen LogP contribution in [0.15, 0.2) is 22.7 Å². The quantitative estimate of drug-likeness (QED) is 0.794. The SMILES string of the molecule is COCCNCc1ccc(N2C[C@@H](C)O[C@@H](C)C2)cc1Br. The molecule has 1 aliphatic rings. The molecular weight excluding hydrogens is 332 g/mol. The van der Waals surface area contributed by atoms with Gasteiger partial charge in [-0.05, 0) is 31.5 Å². The zero-order chi connectivity index (χ0) is 15.2. The van der Waals surface area contributed by atoms with Crippen molar-refractivity contribution in [2.75, 3.05) is 38.3 Å². The molecule has 0 bridgehead atoms. The second-order valence-electron chi connectivity index (χ2n) is 5.61. The van der Waals surface area contributed by atoms with E-state index >= 15 is 0 Å². The maximum atomic E-state index is 5.79. The molecule has 2 rings (SSSR count). The van der Waals surface area contributed by atoms with E-state index in [0.717, 1.165) is 37.3 Å². The number of morpholine rings is 1. The summed E-state index contributed by atoms with van der Waals surface area (Å²) in [4.78, 5) is 2.39. The summed E-state index contributed by atoms with van der Waals surface area (Å²) < 4.78 is 12.0. The van der Waals surface area contributed by atoms with Crippen molar-refractivity contribution in [1.82, 2.24) is 5.32 Å². The number of hydrogen-bond donors (Lipinski definition) is 1. The first-order valence-electron chi connectivity index (χ1n) is 7.48. The van der Waals surface area contributed by atoms with Crippen LogP contribution in [-0.4, -0.2) is 45.6 Å². The van der Waals surface area contributed by atoms with Gasteiger partial charge in [0.05, 0.1) is 18.8 Å². The Morgan fingerprint density at radius 1 is 1.33 bits per heavy atom. The number of benzene rings is 1. The molecule has 1 fully saturated rings. The molecule has 0 unspecified atom stereocenters. The highest BCUT2D eigenvalue weighted by Gasteiger charge is 2.22. The van der Waals surface area contributed by atoms with Crippen molar-refractivity contribution < 1.29 is 9.47 Å². The third kappa shape index (κ3) is 4.95. The summed E-state index contributed by atoms with van der Waals surface area (Å²) in [5.41, 5.74) is 2.52. The monoisotopic (exact) mass is 356 g/mol. The van der Waals surface area contributed by atoms with Gasteiger partial charge in [-0.3, -0.25) is 0 Å². The number of halogens is 1. The first-order chi connectivity index (χ1) is 10.1. The molecule has 1 aromatic carbocycles. The van der Waals surface area contributed by atoms with E-state index in [0.29, 0.717) is 0 Å². The minimum atomic E-state index is 0.280. The lowest BCUT2D eigenvalue weighted by atomic mass is 10.1. The van der Waals surface area contributed by atoms with E-state index in [4.69, 9.17) is 9.47 Å². The number of rotatable bonds is 6. The molecule has 5 heteroatoms. The Bertz CT molecular complexity index is 446. The van der Waals surface area contributed by atoms with Crippen molar-refractivity contribution in [2.24, 2.45) is 0 Å². The summed E-state index contributed by atoms with van der Waals surface area (Å²) in [6.45, 7) is 8.60. The third-order valence-electron chi connectivity index (χ3n) is 3.62. The molecule has 0 radical (unpaired) electrons. The zero-order valence-electron chi connectivity index (χ0n) is 13.1. The van der Waals surface area contributed by atoms with Crippen LogP contribution in [0.2, 0.25) is 0 Å². The molecule has 0 spiro atoms. The molecule has 118 valence electrons. The molecule has 1 aliphatic heterocycles. The Morgan fingerprint density at radius 2 is 2.05 bits per heavy atom. The van der Waals surface area contributed by atoms with E-state index in [-0.39, 0.29) is 12.2 Å². The van der Waals surface area contributed by atoms with Crippen molar-refractivity contribution in [3.8, 4) is 0 Å². The smallest absolute Gasteiger partial charge is 0.0726 e. The number of anilines is 1. The van der Waals surface area contributed by atoms with E-state index in [1.54, 1.807) is 7.11 Å². The van der Waals surface area contributed by atoms with Crippen molar-refractivity contribution in [3.05, 3.63) is 28.2 Å². The third-order valence-corrected chi connectivity index (χ3v) is 4.36. The first kappa shape index (κ1) is 16.7. The van der Waals surface area contributed by atoms with Gasteiger partial charge in [-0.2, -0.15) is 0 Å². The number of hydrogen-bond acceptors (Lipinski definition) is 4. The topological polar surface area (TPSA) is 33.7 Å². The van der Waals surface area contributed by atoms with Gasteiger partial charge in [0.2, 0.25) is 0 Å². The fourth-order valence-corrected chi connectivity index (χ4v) is 3.17. The van der Waals surface area contributed by atoms with Gasteiger partial charge >= 0.3 is 0 Å². The molecule has 2 atom stereocenters. The van der Waals surface area contributed by atoms with Crippen LogP contribution in [0.1, 0.15) is 19.4 Å². The maximum Gasteiger partial charge on any atom is 0.0726 e. The van der Waals surface area contributed by atoms with E-state index in [9.17, 15) is 0 Å². The molecule has 0 amide bonds. The zero-order valence-corrected chi connectivity index (χ0v) is 14.6. The molecule has 21 heavy (non-hydrogen) atoms. The van der Waals surface area contributed by atoms with Crippen molar-refractivity contribution in [2.45, 2.75) is 32.6 Å². The molecule has 1 N–H and O–H groups in total. The summed E-state index contributed by atoms with van der Waals surface area (Å²) >= 11 is 3.68. The van der Waals surface area contributed by atoms with E-state index in [1.807, 2.05) is 0 Å². The van der Waals surface area contributed by atoms with Gasteiger partial charge in [0.1, 0.15) is 0 Å². The van der Waals surface area contributed by atoms with Gasteiger partial charge in [0.25, 0.3) is 0 Å². The van der Waals surface area contributed by atoms with E-state index in [2.05, 4.69) is 58.2 Å². The van der Waals surface area contributed by atoms with Gasteiger partial charge in [-0.15, -0.1) is 0 Å². The normalized spacial score (nSPS) is 22.6. The lowest BCUT2D eigenvalue weighted by Crippen LogP contribution is -2.45. The molecular formula is C16H25BrN2O2. The highest BCUT2D eigenvalue weighted by atomic mass is 79.9. The van der Waals surface area contributed by atoms with Gasteiger partial charge < -0.3 is 19.7 Å². The van der Waals surface area contributed by atoms with Gasteiger partial charge in [0, 0.05) is 43.4 Å². The molecule has 0 saturated carbocycles. The molecule has 1 saturated heterocycles. The lowest BCUT2D eigenvalue weighted by Gasteiger charge is -2.37. The number of methoxy groups -OCH3 is 1. The van der Waals surface area contributed by atoms with Crippen molar-refractivity contribution >= 4 is 21.6 Å². The summed E-state index contributed by atoms with van der Waals surface area (Å²) in [6.07, 6.45) is 0.561. The summed E-state index contributed by atoms with van der Waals surface area (Å²) in [5.74, 6) is 0. The van der Waals surface area contributed by atoms with E-state index in [1.165, 1.54) is 11.3 Å². The largest absolute Gasteiger partial charge is 0.383 e. The summed E-state index contributed by atoms with van der Waals surface area (Å²) in [6, 6.07) is 6.59. The molecule has 1 heterocycles. The standard InChI is InChI=1S/C16H25BrN2O2/c1-12-10-19(11-13(2)21-12)15-5-4-14(16(17)8-15)9-18-6-7-20-3/h4-5,8,12-13,18H,6-7,9-11H2,1-3H3/t12-,13+. The summed E-state index contributed by atoms with van der Waals surface area (Å²) in [5, 5.41) is 3.37. The number of nitrogens with one attached hydrogen (secondary N) is 1. The van der Waals surface area contributed by atoms with Gasteiger partial charge in [-0.25, -0.2) is 0 Å². The molecule has 0 aliphatic carbocycles. The van der Waals surface area contributed by atoms with Crippen LogP contribution < -0.4 is 10.2 Å². The van der Waals surface area contributed by atoms with Crippen LogP contribution in [0.25, 0.3) is 0 Å². The molecule has 0 aromatic heterocycles. The van der Waals surface area contributed by atoms with E-state index < -0.39 is 0 Å². The van der Waals surface area contributed by atoms with Crippen LogP contribution in [-0.2, 0) is 16.0 Å². The second kappa shape index (κ2) is 8.13. The maximum absolute atomic E-state index is 5.79. The highest BCUT2D eigenvalue weighted by Crippen LogP contribution is 2.26. The first-order valence-corrected chi connectivity index (χ1v) is 8.28. The minimum Gasteiger partial charge on any atom is -0.383 e. The molecule has 4 nitrogen and oxygen atoms in total. The number of ether oxygens (including phenoxy) is 2. The van der Waals surface area contributed by atoms with Gasteiger partial charge in [0.15, 0.2) is 0 Å². The van der Waals surface area contributed by atoms with Crippen molar-refractivity contribution in [1.29, 1.82) is 0 Å².